The molecule has 0 aliphatic carbocycles. The first-order valence-corrected chi connectivity index (χ1v) is 6.40. The van der Waals surface area contributed by atoms with Gasteiger partial charge in [0.1, 0.15) is 11.4 Å². The van der Waals surface area contributed by atoms with Crippen molar-refractivity contribution in [1.82, 2.24) is 10.4 Å². The number of ether oxygens (including phenoxy) is 1. The average molecular weight is 266 g/mol. The van der Waals surface area contributed by atoms with Crippen molar-refractivity contribution < 1.29 is 13.9 Å². The van der Waals surface area contributed by atoms with E-state index in [0.717, 1.165) is 24.9 Å². The molecule has 1 aliphatic rings. The van der Waals surface area contributed by atoms with Crippen LogP contribution in [0.15, 0.2) is 24.3 Å². The van der Waals surface area contributed by atoms with Crippen LogP contribution in [0.25, 0.3) is 0 Å². The van der Waals surface area contributed by atoms with Gasteiger partial charge in [0, 0.05) is 13.1 Å². The standard InChI is InChI=1S/C14H19FN2O2/c1-14(13(18)19-2)7-4-8-17(14)16-10-11-5-3-6-12(15)9-11/h3,5-6,9,16H,4,7-8,10H2,1-2H3/t14-/m1/s1. The van der Waals surface area contributed by atoms with E-state index in [-0.39, 0.29) is 11.8 Å². The van der Waals surface area contributed by atoms with Crippen molar-refractivity contribution in [3.63, 3.8) is 0 Å². The maximum atomic E-state index is 13.1. The minimum atomic E-state index is -0.637. The lowest BCUT2D eigenvalue weighted by atomic mass is 10.0. The zero-order valence-corrected chi connectivity index (χ0v) is 11.3. The second-order valence-corrected chi connectivity index (χ2v) is 4.99. The van der Waals surface area contributed by atoms with Crippen molar-refractivity contribution >= 4 is 5.97 Å². The normalized spacial score (nSPS) is 23.5. The van der Waals surface area contributed by atoms with E-state index >= 15 is 0 Å². The highest BCUT2D eigenvalue weighted by atomic mass is 19.1. The Balaban J connectivity index is 2.00. The number of esters is 1. The Hall–Kier alpha value is -1.46. The monoisotopic (exact) mass is 266 g/mol. The molecule has 1 aromatic carbocycles. The van der Waals surface area contributed by atoms with E-state index in [1.54, 1.807) is 6.07 Å². The van der Waals surface area contributed by atoms with Crippen LogP contribution in [0.1, 0.15) is 25.3 Å². The van der Waals surface area contributed by atoms with Gasteiger partial charge in [-0.25, -0.2) is 14.8 Å². The predicted octanol–water partition coefficient (Wildman–Crippen LogP) is 1.86. The summed E-state index contributed by atoms with van der Waals surface area (Å²) in [7, 11) is 1.40. The number of nitrogens with one attached hydrogen (secondary N) is 1. The Labute approximate surface area is 112 Å². The minimum Gasteiger partial charge on any atom is -0.468 e. The first-order chi connectivity index (χ1) is 9.06. The zero-order valence-electron chi connectivity index (χ0n) is 11.3. The number of carbonyl (C=O) groups is 1. The highest BCUT2D eigenvalue weighted by Gasteiger charge is 2.44. The SMILES string of the molecule is COC(=O)[C@@]1(C)CCCN1NCc1cccc(F)c1. The van der Waals surface area contributed by atoms with Crippen LogP contribution >= 0.6 is 0 Å². The van der Waals surface area contributed by atoms with Crippen molar-refractivity contribution in [2.75, 3.05) is 13.7 Å². The summed E-state index contributed by atoms with van der Waals surface area (Å²) in [5, 5.41) is 1.89. The van der Waals surface area contributed by atoms with Gasteiger partial charge in [0.2, 0.25) is 0 Å². The van der Waals surface area contributed by atoms with E-state index < -0.39 is 5.54 Å². The number of benzene rings is 1. The van der Waals surface area contributed by atoms with Crippen LogP contribution in [0.5, 0.6) is 0 Å². The first kappa shape index (κ1) is 14.0. The third-order valence-electron chi connectivity index (χ3n) is 3.63. The van der Waals surface area contributed by atoms with Gasteiger partial charge in [-0.3, -0.25) is 4.79 Å². The van der Waals surface area contributed by atoms with Crippen molar-refractivity contribution in [1.29, 1.82) is 0 Å². The minimum absolute atomic E-state index is 0.239. The second-order valence-electron chi connectivity index (χ2n) is 4.99. The summed E-state index contributed by atoms with van der Waals surface area (Å²) in [6.45, 7) is 3.13. The van der Waals surface area contributed by atoms with E-state index in [1.165, 1.54) is 19.2 Å². The van der Waals surface area contributed by atoms with Crippen LogP contribution in [0.3, 0.4) is 0 Å². The molecule has 19 heavy (non-hydrogen) atoms. The highest BCUT2D eigenvalue weighted by molar-refractivity contribution is 5.80. The molecule has 4 nitrogen and oxygen atoms in total. The Morgan fingerprint density at radius 1 is 1.58 bits per heavy atom. The summed E-state index contributed by atoms with van der Waals surface area (Å²) >= 11 is 0. The van der Waals surface area contributed by atoms with E-state index in [2.05, 4.69) is 5.43 Å². The second kappa shape index (κ2) is 5.67. The molecule has 1 aromatic rings. The molecule has 2 rings (SSSR count). The van der Waals surface area contributed by atoms with Crippen molar-refractivity contribution in [3.8, 4) is 0 Å². The molecule has 0 amide bonds. The molecule has 1 saturated heterocycles. The Bertz CT molecular complexity index is 467. The van der Waals surface area contributed by atoms with Crippen molar-refractivity contribution in [3.05, 3.63) is 35.6 Å². The van der Waals surface area contributed by atoms with Gasteiger partial charge >= 0.3 is 5.97 Å². The lowest BCUT2D eigenvalue weighted by Crippen LogP contribution is -2.54. The molecule has 5 heteroatoms. The quantitative estimate of drug-likeness (QED) is 0.845. The maximum Gasteiger partial charge on any atom is 0.327 e. The van der Waals surface area contributed by atoms with E-state index in [4.69, 9.17) is 4.74 Å². The maximum absolute atomic E-state index is 13.1. The fourth-order valence-electron chi connectivity index (χ4n) is 2.48. The van der Waals surface area contributed by atoms with E-state index in [0.29, 0.717) is 6.54 Å². The van der Waals surface area contributed by atoms with Crippen molar-refractivity contribution in [2.24, 2.45) is 0 Å². The number of hydrogen-bond donors (Lipinski definition) is 1. The number of halogens is 1. The van der Waals surface area contributed by atoms with Crippen LogP contribution in [0.2, 0.25) is 0 Å². The largest absolute Gasteiger partial charge is 0.468 e. The van der Waals surface area contributed by atoms with Gasteiger partial charge < -0.3 is 4.74 Å². The number of nitrogens with zero attached hydrogens (tertiary/aromatic N) is 1. The van der Waals surface area contributed by atoms with Gasteiger partial charge in [-0.1, -0.05) is 12.1 Å². The number of hydrogen-bond acceptors (Lipinski definition) is 4. The molecule has 1 heterocycles. The molecule has 1 N–H and O–H groups in total. The van der Waals surface area contributed by atoms with Crippen molar-refractivity contribution in [2.45, 2.75) is 31.8 Å². The van der Waals surface area contributed by atoms with Gasteiger partial charge in [0.25, 0.3) is 0 Å². The van der Waals surface area contributed by atoms with Gasteiger partial charge in [-0.05, 0) is 37.5 Å². The Morgan fingerprint density at radius 3 is 3.05 bits per heavy atom. The molecule has 0 aromatic heterocycles. The third-order valence-corrected chi connectivity index (χ3v) is 3.63. The molecule has 0 saturated carbocycles. The smallest absolute Gasteiger partial charge is 0.327 e. The van der Waals surface area contributed by atoms with E-state index in [1.807, 2.05) is 18.0 Å². The summed E-state index contributed by atoms with van der Waals surface area (Å²) in [4.78, 5) is 11.8. The fourth-order valence-corrected chi connectivity index (χ4v) is 2.48. The van der Waals surface area contributed by atoms with Gasteiger partial charge in [-0.2, -0.15) is 0 Å². The fraction of sp³-hybridized carbons (Fsp3) is 0.500. The third kappa shape index (κ3) is 2.93. The first-order valence-electron chi connectivity index (χ1n) is 6.40. The average Bonchev–Trinajstić information content (AvgIpc) is 2.78. The summed E-state index contributed by atoms with van der Waals surface area (Å²) < 4.78 is 17.9. The number of hydrazine groups is 1. The molecule has 0 bridgehead atoms. The number of methoxy groups -OCH3 is 1. The number of carbonyl (C=O) groups excluding carboxylic acids is 1. The molecular weight excluding hydrogens is 247 g/mol. The Kier molecular flexibility index (Phi) is 4.17. The van der Waals surface area contributed by atoms with E-state index in [9.17, 15) is 9.18 Å². The van der Waals surface area contributed by atoms with Gasteiger partial charge in [-0.15, -0.1) is 0 Å². The summed E-state index contributed by atoms with van der Waals surface area (Å²) in [5.74, 6) is -0.492. The van der Waals surface area contributed by atoms with Crippen LogP contribution < -0.4 is 5.43 Å². The summed E-state index contributed by atoms with van der Waals surface area (Å²) in [6, 6.07) is 6.42. The zero-order chi connectivity index (χ0) is 13.9. The lowest BCUT2D eigenvalue weighted by molar-refractivity contribution is -0.154. The Morgan fingerprint density at radius 2 is 2.37 bits per heavy atom. The molecule has 0 radical (unpaired) electrons. The summed E-state index contributed by atoms with van der Waals surface area (Å²) in [6.07, 6.45) is 1.69. The topological polar surface area (TPSA) is 41.6 Å². The summed E-state index contributed by atoms with van der Waals surface area (Å²) in [5.41, 5.74) is 3.41. The lowest BCUT2D eigenvalue weighted by Gasteiger charge is -2.32. The molecule has 0 spiro atoms. The molecule has 1 aliphatic heterocycles. The van der Waals surface area contributed by atoms with Crippen LogP contribution in [0.4, 0.5) is 4.39 Å². The predicted molar refractivity (Wildman–Crippen MR) is 69.6 cm³/mol. The molecule has 104 valence electrons. The van der Waals surface area contributed by atoms with Crippen LogP contribution in [-0.4, -0.2) is 30.2 Å². The molecule has 1 fully saturated rings. The van der Waals surface area contributed by atoms with Gasteiger partial charge in [0.15, 0.2) is 0 Å². The number of rotatable bonds is 4. The molecule has 0 unspecified atom stereocenters. The van der Waals surface area contributed by atoms with Gasteiger partial charge in [0.05, 0.1) is 7.11 Å². The highest BCUT2D eigenvalue weighted by Crippen LogP contribution is 2.28. The molecular formula is C14H19FN2O2. The van der Waals surface area contributed by atoms with Crippen LogP contribution in [0, 0.1) is 5.82 Å². The molecule has 1 atom stereocenters. The van der Waals surface area contributed by atoms with Crippen LogP contribution in [-0.2, 0) is 16.1 Å².